The molecule has 0 saturated carbocycles. The summed E-state index contributed by atoms with van der Waals surface area (Å²) in [6.07, 6.45) is 1.65. The molecule has 50 heavy (non-hydrogen) atoms. The monoisotopic (exact) mass is 899 g/mol. The molecule has 0 spiro atoms. The van der Waals surface area contributed by atoms with Crippen LogP contribution in [0.2, 0.25) is 156 Å². The highest BCUT2D eigenvalue weighted by Gasteiger charge is 2.48. The molecule has 0 bridgehead atoms. The van der Waals surface area contributed by atoms with Crippen LogP contribution in [0.3, 0.4) is 0 Å². The van der Waals surface area contributed by atoms with Crippen LogP contribution in [0.4, 0.5) is 0 Å². The zero-order chi connectivity index (χ0) is 40.3. The Hall–Kier alpha value is 1.45. The van der Waals surface area contributed by atoms with Crippen LogP contribution in [-0.2, 0) is 32.9 Å². The van der Waals surface area contributed by atoms with E-state index in [0.29, 0.717) is 12.4 Å². The third-order valence-corrected chi connectivity index (χ3v) is 41.0. The first-order valence-electron chi connectivity index (χ1n) is 18.0. The highest BCUT2D eigenvalue weighted by Crippen LogP contribution is 2.31. The van der Waals surface area contributed by atoms with E-state index in [-0.39, 0.29) is 0 Å². The summed E-state index contributed by atoms with van der Waals surface area (Å²) in [6.45, 7) is 48.0. The fourth-order valence-corrected chi connectivity index (χ4v) is 53.4. The lowest BCUT2D eigenvalue weighted by Gasteiger charge is -2.43. The number of nitrogens with zero attached hydrogens (tertiary/aromatic N) is 3. The number of hydrogen-bond donors (Lipinski definition) is 0. The van der Waals surface area contributed by atoms with Gasteiger partial charge in [0, 0.05) is 17.3 Å². The van der Waals surface area contributed by atoms with Gasteiger partial charge in [0.1, 0.15) is 0 Å². The Labute approximate surface area is 324 Å². The molecule has 0 heterocycles. The highest BCUT2D eigenvalue weighted by atomic mass is 35.5. The van der Waals surface area contributed by atoms with Crippen LogP contribution in [0.5, 0.6) is 0 Å². The van der Waals surface area contributed by atoms with Crippen LogP contribution in [-0.4, -0.2) is 97.1 Å². The summed E-state index contributed by atoms with van der Waals surface area (Å²) in [4.78, 5) is 2.84. The molecule has 22 heteroatoms. The smallest absolute Gasteiger partial charge is 0.317 e. The Bertz CT molecular complexity index is 1000. The number of rotatable bonds is 23. The van der Waals surface area contributed by atoms with Gasteiger partial charge in [-0.3, -0.25) is 0 Å². The van der Waals surface area contributed by atoms with Crippen LogP contribution < -0.4 is 0 Å². The summed E-state index contributed by atoms with van der Waals surface area (Å²) in [5, 5.41) is 3.65. The van der Waals surface area contributed by atoms with Gasteiger partial charge in [-0.05, 0) is 174 Å². The van der Waals surface area contributed by atoms with E-state index in [1.807, 2.05) is 0 Å². The summed E-state index contributed by atoms with van der Waals surface area (Å²) >= 11 is 5.95. The van der Waals surface area contributed by atoms with Crippen molar-refractivity contribution in [2.45, 2.75) is 169 Å². The Morgan fingerprint density at radius 2 is 0.660 bits per heavy atom. The van der Waals surface area contributed by atoms with E-state index in [1.165, 1.54) is 0 Å². The first-order valence-corrected chi connectivity index (χ1v) is 48.4. The predicted octanol–water partition coefficient (Wildman–Crippen LogP) is 11.7. The van der Waals surface area contributed by atoms with Gasteiger partial charge in [-0.1, -0.05) is 5.11 Å². The standard InChI is InChI=1S/C14H39ClO4Si5.C14H39N3O4Si5/c1-20(2,3)16-22(7,8)18-24(11,14-12-13-15)19-23(9,10)17-21(4,5)6;1-22(2,3)18-24(7,8)20-26(11,14-12-13-16-17-15)21-25(9,10)19-23(4,5)6/h12-14H2,1-11H3;12-14H2,1-11H3. The maximum absolute atomic E-state index is 8.51. The second kappa shape index (κ2) is 20.6. The summed E-state index contributed by atoms with van der Waals surface area (Å²) in [6, 6.07) is 1.65. The van der Waals surface area contributed by atoms with Gasteiger partial charge in [0.05, 0.1) is 0 Å². The number of halogens is 1. The molecule has 0 saturated heterocycles. The average molecular weight is 901 g/mol. The van der Waals surface area contributed by atoms with Crippen molar-refractivity contribution in [3.63, 3.8) is 0 Å². The molecular formula is C28H78ClN3O8Si10. The Kier molecular flexibility index (Phi) is 22.0. The maximum atomic E-state index is 8.51. The molecule has 300 valence electrons. The molecule has 0 aliphatic heterocycles. The predicted molar refractivity (Wildman–Crippen MR) is 239 cm³/mol. The number of hydrogen-bond acceptors (Lipinski definition) is 9. The SMILES string of the molecule is C[Si](C)(C)O[Si](C)(C)O[Si](C)(CCCCl)O[Si](C)(C)O[Si](C)(C)C.C[Si](C)(C)O[Si](C)(C)O[Si](C)(CCCN=[N+]=[N-])O[Si](C)(C)O[Si](C)(C)C. The molecule has 0 fully saturated rings. The van der Waals surface area contributed by atoms with Crippen LogP contribution in [0, 0.1) is 0 Å². The molecule has 0 atom stereocenters. The van der Waals surface area contributed by atoms with Crippen molar-refractivity contribution in [3.05, 3.63) is 10.4 Å². The first kappa shape index (κ1) is 53.6. The van der Waals surface area contributed by atoms with Crippen molar-refractivity contribution in [2.75, 3.05) is 12.4 Å². The Morgan fingerprint density at radius 3 is 0.860 bits per heavy atom. The van der Waals surface area contributed by atoms with E-state index < -0.39 is 84.6 Å². The minimum Gasteiger partial charge on any atom is -0.437 e. The van der Waals surface area contributed by atoms with E-state index in [1.54, 1.807) is 0 Å². The van der Waals surface area contributed by atoms with E-state index in [2.05, 4.69) is 154 Å². The van der Waals surface area contributed by atoms with Gasteiger partial charge in [0.25, 0.3) is 0 Å². The van der Waals surface area contributed by atoms with Crippen molar-refractivity contribution in [1.29, 1.82) is 0 Å². The van der Waals surface area contributed by atoms with Crippen molar-refractivity contribution in [3.8, 4) is 0 Å². The lowest BCUT2D eigenvalue weighted by Crippen LogP contribution is -2.59. The molecule has 0 N–H and O–H groups in total. The van der Waals surface area contributed by atoms with Gasteiger partial charge in [-0.25, -0.2) is 0 Å². The van der Waals surface area contributed by atoms with Gasteiger partial charge in [0.15, 0.2) is 33.3 Å². The first-order chi connectivity index (χ1) is 21.8. The Morgan fingerprint density at radius 1 is 0.420 bits per heavy atom. The van der Waals surface area contributed by atoms with Gasteiger partial charge in [-0.2, -0.15) is 0 Å². The van der Waals surface area contributed by atoms with Gasteiger partial charge in [-0.15, -0.1) is 11.6 Å². The molecule has 0 aromatic heterocycles. The van der Waals surface area contributed by atoms with Crippen LogP contribution in [0.1, 0.15) is 12.8 Å². The molecule has 0 unspecified atom stereocenters. The molecular weight excluding hydrogens is 823 g/mol. The molecule has 0 aliphatic carbocycles. The summed E-state index contributed by atoms with van der Waals surface area (Å²) in [5.74, 6) is 0.628. The fraction of sp³-hybridized carbons (Fsp3) is 1.00. The fourth-order valence-electron chi connectivity index (χ4n) is 6.26. The molecule has 0 rings (SSSR count). The van der Waals surface area contributed by atoms with Crippen LogP contribution >= 0.6 is 11.6 Å². The van der Waals surface area contributed by atoms with E-state index in [4.69, 9.17) is 50.1 Å². The van der Waals surface area contributed by atoms with Crippen molar-refractivity contribution < 1.29 is 32.9 Å². The third-order valence-electron chi connectivity index (χ3n) is 5.77. The minimum atomic E-state index is -2.54. The van der Waals surface area contributed by atoms with Gasteiger partial charge in [0.2, 0.25) is 0 Å². The largest absolute Gasteiger partial charge is 0.437 e. The topological polar surface area (TPSA) is 123 Å². The molecule has 0 aliphatic rings. The second-order valence-corrected chi connectivity index (χ2v) is 59.5. The third kappa shape index (κ3) is 30.7. The van der Waals surface area contributed by atoms with Crippen molar-refractivity contribution >= 4 is 96.2 Å². The van der Waals surface area contributed by atoms with E-state index in [9.17, 15) is 0 Å². The normalized spacial score (nSPS) is 14.6. The quantitative estimate of drug-likeness (QED) is 0.0248. The lowest BCUT2D eigenvalue weighted by atomic mass is 10.5. The zero-order valence-corrected chi connectivity index (χ0v) is 47.0. The van der Waals surface area contributed by atoms with Gasteiger partial charge >= 0.3 is 51.4 Å². The number of azide groups is 1. The van der Waals surface area contributed by atoms with Crippen molar-refractivity contribution in [1.82, 2.24) is 0 Å². The van der Waals surface area contributed by atoms with E-state index in [0.717, 1.165) is 24.9 Å². The molecule has 0 amide bonds. The highest BCUT2D eigenvalue weighted by molar-refractivity contribution is 6.92. The maximum Gasteiger partial charge on any atom is 0.317 e. The zero-order valence-electron chi connectivity index (χ0n) is 36.2. The van der Waals surface area contributed by atoms with Crippen LogP contribution in [0.25, 0.3) is 10.4 Å². The summed E-state index contributed by atoms with van der Waals surface area (Å²) in [5.41, 5.74) is 8.51. The lowest BCUT2D eigenvalue weighted by molar-refractivity contribution is 0.290. The molecule has 0 aromatic rings. The summed E-state index contributed by atoms with van der Waals surface area (Å²) in [7, 11) is -20.8. The molecule has 0 aromatic carbocycles. The van der Waals surface area contributed by atoms with Crippen LogP contribution in [0.15, 0.2) is 5.11 Å². The minimum absolute atomic E-state index is 0.458. The van der Waals surface area contributed by atoms with Crippen molar-refractivity contribution in [2.24, 2.45) is 5.11 Å². The number of alkyl halides is 1. The molecule has 11 nitrogen and oxygen atoms in total. The van der Waals surface area contributed by atoms with Gasteiger partial charge < -0.3 is 32.9 Å². The van der Waals surface area contributed by atoms with E-state index >= 15 is 0 Å². The second-order valence-electron chi connectivity index (χ2n) is 19.0. The molecule has 0 radical (unpaired) electrons. The summed E-state index contributed by atoms with van der Waals surface area (Å²) < 4.78 is 52.0. The Balaban J connectivity index is 0. The average Bonchev–Trinajstić information content (AvgIpc) is 2.72.